The van der Waals surface area contributed by atoms with E-state index in [2.05, 4.69) is 0 Å². The molecule has 0 spiro atoms. The molecule has 114 valence electrons. The van der Waals surface area contributed by atoms with Crippen LogP contribution in [0.3, 0.4) is 0 Å². The summed E-state index contributed by atoms with van der Waals surface area (Å²) in [7, 11) is -0.703. The molecule has 0 radical (unpaired) electrons. The van der Waals surface area contributed by atoms with Crippen LogP contribution in [0, 0.1) is 0 Å². The minimum absolute atomic E-state index is 0.0430. The molecular weight excluding hydrogens is 325 g/mol. The lowest BCUT2D eigenvalue weighted by Gasteiger charge is -2.19. The van der Waals surface area contributed by atoms with Gasteiger partial charge in [-0.1, -0.05) is 23.2 Å². The number of rotatable bonds is 7. The van der Waals surface area contributed by atoms with Crippen LogP contribution < -0.4 is 0 Å². The van der Waals surface area contributed by atoms with Crippen LogP contribution in [-0.4, -0.2) is 45.1 Å². The smallest absolute Gasteiger partial charge is 0.244 e. The number of hydrogen-bond donors (Lipinski definition) is 1. The van der Waals surface area contributed by atoms with Crippen molar-refractivity contribution in [1.82, 2.24) is 4.31 Å². The van der Waals surface area contributed by atoms with Crippen molar-refractivity contribution in [3.05, 3.63) is 27.7 Å². The van der Waals surface area contributed by atoms with Gasteiger partial charge in [0.25, 0.3) is 0 Å². The highest BCUT2D eigenvalue weighted by Gasteiger charge is 2.25. The predicted molar refractivity (Wildman–Crippen MR) is 78.7 cm³/mol. The summed E-state index contributed by atoms with van der Waals surface area (Å²) in [5.74, 6) is 0. The second kappa shape index (κ2) is 7.59. The topological polar surface area (TPSA) is 66.8 Å². The first-order valence-electron chi connectivity index (χ1n) is 5.89. The second-order valence-electron chi connectivity index (χ2n) is 4.17. The highest BCUT2D eigenvalue weighted by atomic mass is 35.5. The lowest BCUT2D eigenvalue weighted by Crippen LogP contribution is -2.29. The Morgan fingerprint density at radius 3 is 2.55 bits per heavy atom. The maximum Gasteiger partial charge on any atom is 0.244 e. The average molecular weight is 342 g/mol. The molecule has 0 aliphatic carbocycles. The first-order valence-corrected chi connectivity index (χ1v) is 8.08. The van der Waals surface area contributed by atoms with Gasteiger partial charge in [-0.2, -0.15) is 0 Å². The van der Waals surface area contributed by atoms with Gasteiger partial charge in [0.1, 0.15) is 4.90 Å². The number of halogens is 2. The van der Waals surface area contributed by atoms with Gasteiger partial charge in [-0.25, -0.2) is 12.7 Å². The van der Waals surface area contributed by atoms with E-state index in [9.17, 15) is 13.5 Å². The average Bonchev–Trinajstić information content (AvgIpc) is 2.39. The number of hydrogen-bond acceptors (Lipinski definition) is 4. The van der Waals surface area contributed by atoms with Crippen LogP contribution in [-0.2, 0) is 21.4 Å². The van der Waals surface area contributed by atoms with Gasteiger partial charge in [0.15, 0.2) is 0 Å². The molecule has 0 saturated heterocycles. The van der Waals surface area contributed by atoms with E-state index < -0.39 is 16.6 Å². The van der Waals surface area contributed by atoms with Crippen LogP contribution in [0.4, 0.5) is 0 Å². The molecule has 0 unspecified atom stereocenters. The molecule has 0 saturated carbocycles. The SMILES string of the molecule is COCCCN(C)S(=O)(=O)c1ccc(Cl)c(CO)c1Cl. The fourth-order valence-electron chi connectivity index (χ4n) is 1.64. The fraction of sp³-hybridized carbons (Fsp3) is 0.500. The van der Waals surface area contributed by atoms with Gasteiger partial charge < -0.3 is 9.84 Å². The second-order valence-corrected chi connectivity index (χ2v) is 6.97. The molecule has 1 aromatic rings. The maximum atomic E-state index is 12.4. The molecule has 1 aromatic carbocycles. The number of benzene rings is 1. The van der Waals surface area contributed by atoms with Crippen molar-refractivity contribution < 1.29 is 18.3 Å². The molecule has 0 amide bonds. The van der Waals surface area contributed by atoms with Crippen LogP contribution in [0.15, 0.2) is 17.0 Å². The summed E-state index contributed by atoms with van der Waals surface area (Å²) < 4.78 is 30.9. The quantitative estimate of drug-likeness (QED) is 0.771. The summed E-state index contributed by atoms with van der Waals surface area (Å²) in [4.78, 5) is -0.0625. The molecule has 0 heterocycles. The Morgan fingerprint density at radius 2 is 2.00 bits per heavy atom. The highest BCUT2D eigenvalue weighted by molar-refractivity contribution is 7.89. The molecule has 0 aliphatic rings. The van der Waals surface area contributed by atoms with Crippen molar-refractivity contribution in [2.45, 2.75) is 17.9 Å². The summed E-state index contributed by atoms with van der Waals surface area (Å²) in [6.45, 7) is 0.355. The molecule has 0 aromatic heterocycles. The number of aliphatic hydroxyl groups is 1. The third-order valence-electron chi connectivity index (χ3n) is 2.82. The summed E-state index contributed by atoms with van der Waals surface area (Å²) >= 11 is 11.9. The van der Waals surface area contributed by atoms with E-state index in [1.165, 1.54) is 23.5 Å². The van der Waals surface area contributed by atoms with Gasteiger partial charge in [0.2, 0.25) is 10.0 Å². The molecule has 20 heavy (non-hydrogen) atoms. The van der Waals surface area contributed by atoms with E-state index >= 15 is 0 Å². The van der Waals surface area contributed by atoms with Crippen molar-refractivity contribution in [2.75, 3.05) is 27.3 Å². The van der Waals surface area contributed by atoms with Gasteiger partial charge in [-0.3, -0.25) is 0 Å². The molecule has 5 nitrogen and oxygen atoms in total. The van der Waals surface area contributed by atoms with Gasteiger partial charge >= 0.3 is 0 Å². The zero-order valence-corrected chi connectivity index (χ0v) is 13.6. The van der Waals surface area contributed by atoms with Crippen molar-refractivity contribution in [3.8, 4) is 0 Å². The van der Waals surface area contributed by atoms with Crippen LogP contribution in [0.2, 0.25) is 10.0 Å². The zero-order chi connectivity index (χ0) is 15.3. The van der Waals surface area contributed by atoms with Gasteiger partial charge in [-0.05, 0) is 18.6 Å². The zero-order valence-electron chi connectivity index (χ0n) is 11.3. The minimum atomic E-state index is -3.72. The van der Waals surface area contributed by atoms with Crippen molar-refractivity contribution in [3.63, 3.8) is 0 Å². The molecule has 0 fully saturated rings. The largest absolute Gasteiger partial charge is 0.392 e. The Hall–Kier alpha value is -0.370. The Morgan fingerprint density at radius 1 is 1.35 bits per heavy atom. The summed E-state index contributed by atoms with van der Waals surface area (Å²) in [5.41, 5.74) is 0.208. The van der Waals surface area contributed by atoms with Crippen LogP contribution >= 0.6 is 23.2 Å². The van der Waals surface area contributed by atoms with Gasteiger partial charge in [0, 0.05) is 37.9 Å². The molecule has 0 atom stereocenters. The highest BCUT2D eigenvalue weighted by Crippen LogP contribution is 2.32. The maximum absolute atomic E-state index is 12.4. The lowest BCUT2D eigenvalue weighted by atomic mass is 10.2. The van der Waals surface area contributed by atoms with Crippen LogP contribution in [0.1, 0.15) is 12.0 Å². The Balaban J connectivity index is 3.10. The molecular formula is C12H17Cl2NO4S. The number of ether oxygens (including phenoxy) is 1. The van der Waals surface area contributed by atoms with Crippen LogP contribution in [0.25, 0.3) is 0 Å². The third-order valence-corrected chi connectivity index (χ3v) is 5.62. The molecule has 0 aliphatic heterocycles. The van der Waals surface area contributed by atoms with E-state index in [1.807, 2.05) is 0 Å². The van der Waals surface area contributed by atoms with Crippen LogP contribution in [0.5, 0.6) is 0 Å². The van der Waals surface area contributed by atoms with Crippen molar-refractivity contribution in [2.24, 2.45) is 0 Å². The lowest BCUT2D eigenvalue weighted by molar-refractivity contribution is 0.189. The fourth-order valence-corrected chi connectivity index (χ4v) is 3.72. The van der Waals surface area contributed by atoms with E-state index in [0.717, 1.165) is 0 Å². The number of nitrogens with zero attached hydrogens (tertiary/aromatic N) is 1. The van der Waals surface area contributed by atoms with E-state index in [4.69, 9.17) is 27.9 Å². The number of aliphatic hydroxyl groups excluding tert-OH is 1. The molecule has 0 bridgehead atoms. The van der Waals surface area contributed by atoms with Gasteiger partial charge in [-0.15, -0.1) is 0 Å². The predicted octanol–water partition coefficient (Wildman–Crippen LogP) is 2.14. The minimum Gasteiger partial charge on any atom is -0.392 e. The van der Waals surface area contributed by atoms with Gasteiger partial charge in [0.05, 0.1) is 11.6 Å². The standard InChI is InChI=1S/C12H17Cl2NO4S/c1-15(6-3-7-19-2)20(17,18)11-5-4-10(13)9(8-16)12(11)14/h4-5,16H,3,6-8H2,1-2H3. The van der Waals surface area contributed by atoms with Crippen molar-refractivity contribution >= 4 is 33.2 Å². The monoisotopic (exact) mass is 341 g/mol. The molecule has 1 rings (SSSR count). The molecule has 8 heteroatoms. The first-order chi connectivity index (χ1) is 9.36. The Kier molecular flexibility index (Phi) is 6.71. The molecule has 1 N–H and O–H groups in total. The summed E-state index contributed by atoms with van der Waals surface area (Å²) in [6, 6.07) is 2.75. The van der Waals surface area contributed by atoms with E-state index in [0.29, 0.717) is 19.6 Å². The summed E-state index contributed by atoms with van der Waals surface area (Å²) in [5, 5.41) is 9.40. The Labute approximate surface area is 129 Å². The number of methoxy groups -OCH3 is 1. The first kappa shape index (κ1) is 17.7. The van der Waals surface area contributed by atoms with E-state index in [1.54, 1.807) is 7.11 Å². The number of sulfonamides is 1. The Bertz CT molecular complexity index is 563. The van der Waals surface area contributed by atoms with E-state index in [-0.39, 0.29) is 20.5 Å². The van der Waals surface area contributed by atoms with Crippen molar-refractivity contribution in [1.29, 1.82) is 0 Å². The summed E-state index contributed by atoms with van der Waals surface area (Å²) in [6.07, 6.45) is 0.574. The third kappa shape index (κ3) is 3.84. The normalized spacial score (nSPS) is 12.1.